The Morgan fingerprint density at radius 2 is 1.81 bits per heavy atom. The molecule has 1 aromatic heterocycles. The number of carbonyl (C=O) groups excluding carboxylic acids is 1. The molecule has 4 rings (SSSR count). The SMILES string of the molecule is Cc1cc2n(n1)CCN(C(=O)[C@H](c1ccc(F)cc1)N1CCCCC1)C2. The van der Waals surface area contributed by atoms with Gasteiger partial charge in [-0.1, -0.05) is 18.6 Å². The van der Waals surface area contributed by atoms with Gasteiger partial charge in [0.25, 0.3) is 0 Å². The van der Waals surface area contributed by atoms with Gasteiger partial charge in [0, 0.05) is 6.54 Å². The van der Waals surface area contributed by atoms with E-state index in [1.165, 1.54) is 18.6 Å². The molecule has 0 unspecified atom stereocenters. The summed E-state index contributed by atoms with van der Waals surface area (Å²) >= 11 is 0. The van der Waals surface area contributed by atoms with E-state index in [9.17, 15) is 9.18 Å². The molecule has 26 heavy (non-hydrogen) atoms. The van der Waals surface area contributed by atoms with Crippen molar-refractivity contribution in [1.29, 1.82) is 0 Å². The minimum absolute atomic E-state index is 0.114. The molecule has 0 N–H and O–H groups in total. The fourth-order valence-electron chi connectivity index (χ4n) is 4.10. The Labute approximate surface area is 153 Å². The van der Waals surface area contributed by atoms with Crippen LogP contribution in [-0.2, 0) is 17.9 Å². The highest BCUT2D eigenvalue weighted by Gasteiger charge is 2.33. The van der Waals surface area contributed by atoms with Crippen molar-refractivity contribution in [2.24, 2.45) is 0 Å². The van der Waals surface area contributed by atoms with Crippen LogP contribution in [0.25, 0.3) is 0 Å². The molecule has 5 nitrogen and oxygen atoms in total. The molecule has 0 saturated carbocycles. The standard InChI is InChI=1S/C20H25FN4O/c1-15-13-18-14-24(11-12-25(18)22-15)20(26)19(23-9-3-2-4-10-23)16-5-7-17(21)8-6-16/h5-8,13,19H,2-4,9-12,14H2,1H3/t19-/m0/s1. The monoisotopic (exact) mass is 356 g/mol. The Balaban J connectivity index is 1.60. The minimum Gasteiger partial charge on any atom is -0.333 e. The zero-order valence-corrected chi connectivity index (χ0v) is 15.2. The second-order valence-electron chi connectivity index (χ2n) is 7.31. The van der Waals surface area contributed by atoms with Gasteiger partial charge < -0.3 is 4.90 Å². The van der Waals surface area contributed by atoms with Crippen LogP contribution >= 0.6 is 0 Å². The van der Waals surface area contributed by atoms with Crippen molar-refractivity contribution in [3.8, 4) is 0 Å². The number of hydrogen-bond acceptors (Lipinski definition) is 3. The molecule has 1 saturated heterocycles. The van der Waals surface area contributed by atoms with Crippen molar-refractivity contribution in [3.63, 3.8) is 0 Å². The van der Waals surface area contributed by atoms with Crippen molar-refractivity contribution in [1.82, 2.24) is 19.6 Å². The Morgan fingerprint density at radius 3 is 2.54 bits per heavy atom. The lowest BCUT2D eigenvalue weighted by molar-refractivity contribution is -0.139. The maximum atomic E-state index is 13.5. The van der Waals surface area contributed by atoms with E-state index in [0.717, 1.165) is 49.4 Å². The highest BCUT2D eigenvalue weighted by molar-refractivity contribution is 5.83. The normalized spacial score (nSPS) is 19.2. The summed E-state index contributed by atoms with van der Waals surface area (Å²) in [6, 6.07) is 8.14. The van der Waals surface area contributed by atoms with Crippen LogP contribution in [0.2, 0.25) is 0 Å². The van der Waals surface area contributed by atoms with Gasteiger partial charge in [-0.05, 0) is 56.6 Å². The number of nitrogens with zero attached hydrogens (tertiary/aromatic N) is 4. The van der Waals surface area contributed by atoms with Crippen molar-refractivity contribution in [2.45, 2.75) is 45.3 Å². The summed E-state index contributed by atoms with van der Waals surface area (Å²) in [4.78, 5) is 17.7. The summed E-state index contributed by atoms with van der Waals surface area (Å²) in [7, 11) is 0. The van der Waals surface area contributed by atoms with E-state index < -0.39 is 0 Å². The van der Waals surface area contributed by atoms with Gasteiger partial charge >= 0.3 is 0 Å². The molecule has 1 amide bonds. The zero-order valence-electron chi connectivity index (χ0n) is 15.2. The van der Waals surface area contributed by atoms with Crippen LogP contribution in [0.5, 0.6) is 0 Å². The predicted molar refractivity (Wildman–Crippen MR) is 96.9 cm³/mol. The van der Waals surface area contributed by atoms with Crippen LogP contribution in [-0.4, -0.2) is 45.1 Å². The maximum absolute atomic E-state index is 13.5. The van der Waals surface area contributed by atoms with E-state index in [-0.39, 0.29) is 17.8 Å². The lowest BCUT2D eigenvalue weighted by Crippen LogP contribution is -2.47. The largest absolute Gasteiger partial charge is 0.333 e. The third kappa shape index (κ3) is 3.38. The Kier molecular flexibility index (Phi) is 4.76. The molecule has 1 atom stereocenters. The lowest BCUT2D eigenvalue weighted by Gasteiger charge is -2.38. The second-order valence-corrected chi connectivity index (χ2v) is 7.31. The van der Waals surface area contributed by atoms with E-state index in [2.05, 4.69) is 10.00 Å². The number of amides is 1. The number of carbonyl (C=O) groups is 1. The van der Waals surface area contributed by atoms with Gasteiger partial charge in [0.15, 0.2) is 0 Å². The van der Waals surface area contributed by atoms with Gasteiger partial charge in [0.1, 0.15) is 11.9 Å². The molecule has 2 aliphatic heterocycles. The summed E-state index contributed by atoms with van der Waals surface area (Å²) in [6.45, 7) is 5.79. The van der Waals surface area contributed by atoms with E-state index in [0.29, 0.717) is 13.1 Å². The number of hydrogen-bond donors (Lipinski definition) is 0. The molecule has 0 bridgehead atoms. The molecule has 2 aliphatic rings. The molecule has 0 spiro atoms. The van der Waals surface area contributed by atoms with Crippen LogP contribution in [0, 0.1) is 12.7 Å². The number of rotatable bonds is 3. The van der Waals surface area contributed by atoms with E-state index in [1.54, 1.807) is 12.1 Å². The average molecular weight is 356 g/mol. The molecule has 0 aliphatic carbocycles. The molecule has 3 heterocycles. The number of aromatic nitrogens is 2. The Bertz CT molecular complexity index is 780. The van der Waals surface area contributed by atoms with Gasteiger partial charge in [-0.2, -0.15) is 5.10 Å². The first-order chi connectivity index (χ1) is 12.6. The first kappa shape index (κ1) is 17.2. The first-order valence-electron chi connectivity index (χ1n) is 9.43. The number of halogens is 1. The fraction of sp³-hybridized carbons (Fsp3) is 0.500. The van der Waals surface area contributed by atoms with Gasteiger partial charge in [-0.25, -0.2) is 4.39 Å². The predicted octanol–water partition coefficient (Wildman–Crippen LogP) is 2.90. The summed E-state index contributed by atoms with van der Waals surface area (Å²) in [5.74, 6) is -0.153. The molecular weight excluding hydrogens is 331 g/mol. The van der Waals surface area contributed by atoms with E-state index in [1.807, 2.05) is 22.6 Å². The quantitative estimate of drug-likeness (QED) is 0.849. The Hall–Kier alpha value is -2.21. The topological polar surface area (TPSA) is 41.4 Å². The molecular formula is C20H25FN4O. The fourth-order valence-corrected chi connectivity index (χ4v) is 4.10. The average Bonchev–Trinajstić information content (AvgIpc) is 3.03. The summed E-state index contributed by atoms with van der Waals surface area (Å²) in [6.07, 6.45) is 3.43. The van der Waals surface area contributed by atoms with Crippen molar-refractivity contribution < 1.29 is 9.18 Å². The van der Waals surface area contributed by atoms with Crippen molar-refractivity contribution in [2.75, 3.05) is 19.6 Å². The highest BCUT2D eigenvalue weighted by atomic mass is 19.1. The Morgan fingerprint density at radius 1 is 1.08 bits per heavy atom. The zero-order chi connectivity index (χ0) is 18.1. The third-order valence-corrected chi connectivity index (χ3v) is 5.41. The van der Waals surface area contributed by atoms with Crippen molar-refractivity contribution >= 4 is 5.91 Å². The second kappa shape index (κ2) is 7.19. The lowest BCUT2D eigenvalue weighted by atomic mass is 10.00. The molecule has 6 heteroatoms. The summed E-state index contributed by atoms with van der Waals surface area (Å²) in [5.41, 5.74) is 2.95. The van der Waals surface area contributed by atoms with E-state index >= 15 is 0 Å². The van der Waals surface area contributed by atoms with Gasteiger partial charge in [-0.15, -0.1) is 0 Å². The van der Waals surface area contributed by atoms with Crippen LogP contribution in [0.1, 0.15) is 42.3 Å². The van der Waals surface area contributed by atoms with Crippen LogP contribution in [0.4, 0.5) is 4.39 Å². The highest BCUT2D eigenvalue weighted by Crippen LogP contribution is 2.28. The number of aryl methyl sites for hydroxylation is 1. The first-order valence-corrected chi connectivity index (χ1v) is 9.43. The molecule has 2 aromatic rings. The maximum Gasteiger partial charge on any atom is 0.244 e. The molecule has 0 radical (unpaired) electrons. The minimum atomic E-state index is -0.327. The number of benzene rings is 1. The number of likely N-dealkylation sites (tertiary alicyclic amines) is 1. The third-order valence-electron chi connectivity index (χ3n) is 5.41. The molecule has 1 aromatic carbocycles. The van der Waals surface area contributed by atoms with Crippen molar-refractivity contribution in [3.05, 3.63) is 53.1 Å². The molecule has 1 fully saturated rings. The smallest absolute Gasteiger partial charge is 0.244 e. The van der Waals surface area contributed by atoms with Crippen LogP contribution in [0.15, 0.2) is 30.3 Å². The van der Waals surface area contributed by atoms with Gasteiger partial charge in [-0.3, -0.25) is 14.4 Å². The number of piperidine rings is 1. The van der Waals surface area contributed by atoms with Gasteiger partial charge in [0.05, 0.1) is 24.5 Å². The van der Waals surface area contributed by atoms with E-state index in [4.69, 9.17) is 0 Å². The molecule has 138 valence electrons. The summed E-state index contributed by atoms with van der Waals surface area (Å²) < 4.78 is 15.4. The summed E-state index contributed by atoms with van der Waals surface area (Å²) in [5, 5.41) is 4.47. The van der Waals surface area contributed by atoms with Crippen LogP contribution in [0.3, 0.4) is 0 Å². The number of fused-ring (bicyclic) bond motifs is 1. The van der Waals surface area contributed by atoms with Gasteiger partial charge in [0.2, 0.25) is 5.91 Å². The van der Waals surface area contributed by atoms with Crippen LogP contribution < -0.4 is 0 Å².